The molecule has 3 aromatic rings. The number of esters is 1. The molecule has 0 aliphatic carbocycles. The van der Waals surface area contributed by atoms with Crippen molar-refractivity contribution in [1.82, 2.24) is 4.57 Å². The smallest absolute Gasteiger partial charge is 0.337 e. The molecule has 1 heterocycles. The van der Waals surface area contributed by atoms with Crippen molar-refractivity contribution in [3.8, 4) is 0 Å². The Labute approximate surface area is 132 Å². The van der Waals surface area contributed by atoms with E-state index in [0.29, 0.717) is 23.1 Å². The standard InChI is InChI=1S/C18H14FNO3/c1-23-18(22)13-4-2-12(3-5-13)9-20-10-14(11-21)16-8-15(19)6-7-17(16)20/h2-8,10-11H,9H2,1H3. The number of benzene rings is 2. The highest BCUT2D eigenvalue weighted by Crippen LogP contribution is 2.22. The Morgan fingerprint density at radius 2 is 1.96 bits per heavy atom. The summed E-state index contributed by atoms with van der Waals surface area (Å²) < 4.78 is 19.9. The van der Waals surface area contributed by atoms with Crippen molar-refractivity contribution in [2.75, 3.05) is 7.11 Å². The Morgan fingerprint density at radius 1 is 1.22 bits per heavy atom. The summed E-state index contributed by atoms with van der Waals surface area (Å²) in [6, 6.07) is 11.4. The van der Waals surface area contributed by atoms with Crippen LogP contribution in [-0.2, 0) is 11.3 Å². The SMILES string of the molecule is COC(=O)c1ccc(Cn2cc(C=O)c3cc(F)ccc32)cc1. The number of aldehydes is 1. The second-order valence-corrected chi connectivity index (χ2v) is 5.18. The zero-order valence-corrected chi connectivity index (χ0v) is 12.5. The molecule has 0 radical (unpaired) electrons. The van der Waals surface area contributed by atoms with Crippen LogP contribution in [0.5, 0.6) is 0 Å². The molecule has 3 rings (SSSR count). The van der Waals surface area contributed by atoms with Crippen molar-refractivity contribution in [3.63, 3.8) is 0 Å². The fraction of sp³-hybridized carbons (Fsp3) is 0.111. The number of nitrogens with zero attached hydrogens (tertiary/aromatic N) is 1. The average Bonchev–Trinajstić information content (AvgIpc) is 2.91. The largest absolute Gasteiger partial charge is 0.465 e. The van der Waals surface area contributed by atoms with Gasteiger partial charge in [-0.3, -0.25) is 4.79 Å². The Hall–Kier alpha value is -2.95. The minimum Gasteiger partial charge on any atom is -0.465 e. The molecular weight excluding hydrogens is 297 g/mol. The van der Waals surface area contributed by atoms with Gasteiger partial charge < -0.3 is 9.30 Å². The van der Waals surface area contributed by atoms with Gasteiger partial charge in [0.25, 0.3) is 0 Å². The van der Waals surface area contributed by atoms with E-state index in [2.05, 4.69) is 4.74 Å². The normalized spacial score (nSPS) is 10.7. The Morgan fingerprint density at radius 3 is 2.61 bits per heavy atom. The van der Waals surface area contributed by atoms with Crippen LogP contribution in [0, 0.1) is 5.82 Å². The highest BCUT2D eigenvalue weighted by molar-refractivity contribution is 5.97. The molecule has 0 bridgehead atoms. The minimum atomic E-state index is -0.387. The summed E-state index contributed by atoms with van der Waals surface area (Å²) in [4.78, 5) is 22.6. The molecule has 0 spiro atoms. The third-order valence-corrected chi connectivity index (χ3v) is 3.73. The molecule has 5 heteroatoms. The topological polar surface area (TPSA) is 48.3 Å². The first-order valence-corrected chi connectivity index (χ1v) is 7.03. The number of methoxy groups -OCH3 is 1. The maximum absolute atomic E-state index is 13.4. The van der Waals surface area contributed by atoms with E-state index < -0.39 is 0 Å². The number of carbonyl (C=O) groups is 2. The quantitative estimate of drug-likeness (QED) is 0.548. The molecule has 0 atom stereocenters. The van der Waals surface area contributed by atoms with E-state index in [1.54, 1.807) is 24.4 Å². The third-order valence-electron chi connectivity index (χ3n) is 3.73. The van der Waals surface area contributed by atoms with Crippen LogP contribution >= 0.6 is 0 Å². The minimum absolute atomic E-state index is 0.374. The lowest BCUT2D eigenvalue weighted by molar-refractivity contribution is 0.0600. The predicted octanol–water partition coefficient (Wildman–Crippen LogP) is 3.43. The molecule has 0 N–H and O–H groups in total. The number of hydrogen-bond acceptors (Lipinski definition) is 3. The number of ether oxygens (including phenoxy) is 1. The fourth-order valence-electron chi connectivity index (χ4n) is 2.58. The first-order chi connectivity index (χ1) is 11.1. The number of carbonyl (C=O) groups excluding carboxylic acids is 2. The lowest BCUT2D eigenvalue weighted by atomic mass is 10.1. The van der Waals surface area contributed by atoms with Crippen molar-refractivity contribution < 1.29 is 18.7 Å². The molecule has 0 aliphatic rings. The maximum atomic E-state index is 13.4. The molecular formula is C18H14FNO3. The van der Waals surface area contributed by atoms with Crippen LogP contribution < -0.4 is 0 Å². The van der Waals surface area contributed by atoms with E-state index in [4.69, 9.17) is 0 Å². The lowest BCUT2D eigenvalue weighted by Gasteiger charge is -2.06. The summed E-state index contributed by atoms with van der Waals surface area (Å²) in [7, 11) is 1.34. The van der Waals surface area contributed by atoms with E-state index in [0.717, 1.165) is 17.4 Å². The zero-order valence-electron chi connectivity index (χ0n) is 12.5. The van der Waals surface area contributed by atoms with Crippen LogP contribution in [-0.4, -0.2) is 23.9 Å². The van der Waals surface area contributed by atoms with Gasteiger partial charge in [0.2, 0.25) is 0 Å². The number of hydrogen-bond donors (Lipinski definition) is 0. The Balaban J connectivity index is 1.95. The van der Waals surface area contributed by atoms with Crippen LogP contribution in [0.1, 0.15) is 26.3 Å². The molecule has 0 saturated carbocycles. The molecule has 4 nitrogen and oxygen atoms in total. The number of halogens is 1. The van der Waals surface area contributed by atoms with E-state index in [-0.39, 0.29) is 11.8 Å². The second-order valence-electron chi connectivity index (χ2n) is 5.18. The van der Waals surface area contributed by atoms with Crippen molar-refractivity contribution in [3.05, 3.63) is 71.2 Å². The molecule has 0 amide bonds. The van der Waals surface area contributed by atoms with Crippen LogP contribution in [0.4, 0.5) is 4.39 Å². The third kappa shape index (κ3) is 2.85. The van der Waals surface area contributed by atoms with Crippen LogP contribution in [0.25, 0.3) is 10.9 Å². The zero-order chi connectivity index (χ0) is 16.4. The second kappa shape index (κ2) is 6.04. The van der Waals surface area contributed by atoms with Crippen molar-refractivity contribution in [1.29, 1.82) is 0 Å². The molecule has 0 saturated heterocycles. The van der Waals surface area contributed by atoms with Crippen molar-refractivity contribution in [2.24, 2.45) is 0 Å². The van der Waals surface area contributed by atoms with Gasteiger partial charge in [-0.2, -0.15) is 0 Å². The lowest BCUT2D eigenvalue weighted by Crippen LogP contribution is -2.02. The Bertz CT molecular complexity index is 881. The van der Waals surface area contributed by atoms with Gasteiger partial charge in [0.1, 0.15) is 5.82 Å². The monoisotopic (exact) mass is 311 g/mol. The van der Waals surface area contributed by atoms with Gasteiger partial charge in [-0.1, -0.05) is 12.1 Å². The highest BCUT2D eigenvalue weighted by Gasteiger charge is 2.10. The van der Waals surface area contributed by atoms with Gasteiger partial charge in [-0.15, -0.1) is 0 Å². The fourth-order valence-corrected chi connectivity index (χ4v) is 2.58. The molecule has 0 unspecified atom stereocenters. The van der Waals surface area contributed by atoms with E-state index in [1.807, 2.05) is 16.7 Å². The first kappa shape index (κ1) is 15.0. The number of aromatic nitrogens is 1. The highest BCUT2D eigenvalue weighted by atomic mass is 19.1. The first-order valence-electron chi connectivity index (χ1n) is 7.03. The van der Waals surface area contributed by atoms with Crippen molar-refractivity contribution in [2.45, 2.75) is 6.54 Å². The summed E-state index contributed by atoms with van der Waals surface area (Å²) in [6.45, 7) is 0.511. The molecule has 116 valence electrons. The maximum Gasteiger partial charge on any atom is 0.337 e. The Kier molecular flexibility index (Phi) is 3.93. The summed E-state index contributed by atoms with van der Waals surface area (Å²) in [6.07, 6.45) is 2.42. The summed E-state index contributed by atoms with van der Waals surface area (Å²) in [5, 5.41) is 0.589. The van der Waals surface area contributed by atoms with Gasteiger partial charge in [0.15, 0.2) is 6.29 Å². The van der Waals surface area contributed by atoms with Crippen LogP contribution in [0.2, 0.25) is 0 Å². The summed E-state index contributed by atoms with van der Waals surface area (Å²) in [5.41, 5.74) is 2.66. The van der Waals surface area contributed by atoms with Gasteiger partial charge in [-0.25, -0.2) is 9.18 Å². The molecule has 0 fully saturated rings. The van der Waals surface area contributed by atoms with Gasteiger partial charge in [0.05, 0.1) is 12.7 Å². The molecule has 2 aromatic carbocycles. The van der Waals surface area contributed by atoms with Crippen LogP contribution in [0.3, 0.4) is 0 Å². The van der Waals surface area contributed by atoms with E-state index in [9.17, 15) is 14.0 Å². The van der Waals surface area contributed by atoms with Crippen LogP contribution in [0.15, 0.2) is 48.7 Å². The molecule has 0 aliphatic heterocycles. The summed E-state index contributed by atoms with van der Waals surface area (Å²) in [5.74, 6) is -0.762. The number of rotatable bonds is 4. The average molecular weight is 311 g/mol. The molecule has 23 heavy (non-hydrogen) atoms. The van der Waals surface area contributed by atoms with Crippen molar-refractivity contribution >= 4 is 23.2 Å². The van der Waals surface area contributed by atoms with Gasteiger partial charge >= 0.3 is 5.97 Å². The summed E-state index contributed by atoms with van der Waals surface area (Å²) >= 11 is 0. The van der Waals surface area contributed by atoms with E-state index >= 15 is 0 Å². The predicted molar refractivity (Wildman–Crippen MR) is 84.2 cm³/mol. The number of fused-ring (bicyclic) bond motifs is 1. The molecule has 1 aromatic heterocycles. The van der Waals surface area contributed by atoms with E-state index in [1.165, 1.54) is 19.2 Å². The van der Waals surface area contributed by atoms with Gasteiger partial charge in [-0.05, 0) is 35.9 Å². The van der Waals surface area contributed by atoms with Gasteiger partial charge in [0, 0.05) is 29.2 Å².